The van der Waals surface area contributed by atoms with Crippen molar-refractivity contribution in [3.05, 3.63) is 0 Å². The van der Waals surface area contributed by atoms with Gasteiger partial charge in [0.25, 0.3) is 0 Å². The number of ether oxygens (including phenoxy) is 1. The van der Waals surface area contributed by atoms with Crippen molar-refractivity contribution in [2.24, 2.45) is 11.7 Å². The predicted molar refractivity (Wildman–Crippen MR) is 54.8 cm³/mol. The molecule has 0 aliphatic carbocycles. The molecule has 14 heavy (non-hydrogen) atoms. The third-order valence-electron chi connectivity index (χ3n) is 2.44. The molecular formula is C10H20N2O2. The molecule has 0 aromatic rings. The van der Waals surface area contributed by atoms with Gasteiger partial charge in [0.2, 0.25) is 5.91 Å². The summed E-state index contributed by atoms with van der Waals surface area (Å²) in [6, 6.07) is 0.224. The second-order valence-electron chi connectivity index (χ2n) is 3.97. The first-order valence-corrected chi connectivity index (χ1v) is 5.31. The van der Waals surface area contributed by atoms with Crippen LogP contribution in [0.4, 0.5) is 0 Å². The number of rotatable bonds is 5. The van der Waals surface area contributed by atoms with Crippen molar-refractivity contribution < 1.29 is 9.53 Å². The molecule has 0 radical (unpaired) electrons. The van der Waals surface area contributed by atoms with Crippen LogP contribution in [-0.2, 0) is 9.53 Å². The fraction of sp³-hybridized carbons (Fsp3) is 0.900. The highest BCUT2D eigenvalue weighted by Crippen LogP contribution is 2.11. The second-order valence-corrected chi connectivity index (χ2v) is 3.97. The Morgan fingerprint density at radius 1 is 1.71 bits per heavy atom. The fourth-order valence-corrected chi connectivity index (χ4v) is 1.52. The maximum atomic E-state index is 11.5. The number of nitrogens with two attached hydrogens (primary N) is 1. The van der Waals surface area contributed by atoms with Gasteiger partial charge in [-0.1, -0.05) is 0 Å². The minimum absolute atomic E-state index is 0.0744. The Bertz CT molecular complexity index is 177. The number of carbonyl (C=O) groups is 1. The fourth-order valence-electron chi connectivity index (χ4n) is 1.52. The predicted octanol–water partition coefficient (Wildman–Crippen LogP) is 0.267. The Morgan fingerprint density at radius 3 is 3.07 bits per heavy atom. The lowest BCUT2D eigenvalue weighted by Gasteiger charge is -2.09. The number of nitrogens with one attached hydrogen (secondary N) is 1. The number of amides is 1. The van der Waals surface area contributed by atoms with E-state index >= 15 is 0 Å². The van der Waals surface area contributed by atoms with Crippen LogP contribution in [0.3, 0.4) is 0 Å². The van der Waals surface area contributed by atoms with Crippen LogP contribution in [0.1, 0.15) is 26.2 Å². The highest BCUT2D eigenvalue weighted by atomic mass is 16.5. The molecule has 1 heterocycles. The van der Waals surface area contributed by atoms with Gasteiger partial charge in [0.15, 0.2) is 0 Å². The van der Waals surface area contributed by atoms with Crippen molar-refractivity contribution in [1.82, 2.24) is 5.32 Å². The molecule has 2 atom stereocenters. The molecule has 0 saturated carbocycles. The molecule has 4 nitrogen and oxygen atoms in total. The van der Waals surface area contributed by atoms with Crippen molar-refractivity contribution >= 4 is 5.91 Å². The van der Waals surface area contributed by atoms with E-state index in [1.807, 2.05) is 6.92 Å². The van der Waals surface area contributed by atoms with E-state index in [0.717, 1.165) is 32.4 Å². The van der Waals surface area contributed by atoms with Crippen LogP contribution in [0.5, 0.6) is 0 Å². The van der Waals surface area contributed by atoms with Crippen LogP contribution < -0.4 is 11.1 Å². The lowest BCUT2D eigenvalue weighted by Crippen LogP contribution is -2.32. The van der Waals surface area contributed by atoms with E-state index in [1.165, 1.54) is 0 Å². The van der Waals surface area contributed by atoms with Crippen molar-refractivity contribution in [3.8, 4) is 0 Å². The molecule has 4 heteroatoms. The molecule has 0 aromatic heterocycles. The molecule has 1 saturated heterocycles. The summed E-state index contributed by atoms with van der Waals surface area (Å²) in [5.41, 5.74) is 5.60. The van der Waals surface area contributed by atoms with Gasteiger partial charge in [-0.2, -0.15) is 0 Å². The molecular weight excluding hydrogens is 180 g/mol. The highest BCUT2D eigenvalue weighted by molar-refractivity contribution is 5.78. The van der Waals surface area contributed by atoms with Gasteiger partial charge < -0.3 is 15.8 Å². The van der Waals surface area contributed by atoms with Crippen LogP contribution in [-0.4, -0.2) is 31.7 Å². The average molecular weight is 200 g/mol. The SMILES string of the molecule is CC(N)CCCNC(=O)C1CCOC1. The molecule has 1 aliphatic rings. The van der Waals surface area contributed by atoms with Gasteiger partial charge in [-0.25, -0.2) is 0 Å². The lowest BCUT2D eigenvalue weighted by atomic mass is 10.1. The normalized spacial score (nSPS) is 23.4. The summed E-state index contributed by atoms with van der Waals surface area (Å²) in [6.45, 7) is 4.01. The zero-order chi connectivity index (χ0) is 10.4. The second kappa shape index (κ2) is 5.98. The Labute approximate surface area is 85.2 Å². The van der Waals surface area contributed by atoms with Gasteiger partial charge in [0.1, 0.15) is 0 Å². The Kier molecular flexibility index (Phi) is 4.90. The van der Waals surface area contributed by atoms with E-state index in [2.05, 4.69) is 5.32 Å². The van der Waals surface area contributed by atoms with Crippen LogP contribution >= 0.6 is 0 Å². The van der Waals surface area contributed by atoms with E-state index in [4.69, 9.17) is 10.5 Å². The largest absolute Gasteiger partial charge is 0.381 e. The van der Waals surface area contributed by atoms with Crippen LogP contribution in [0.2, 0.25) is 0 Å². The van der Waals surface area contributed by atoms with E-state index in [-0.39, 0.29) is 17.9 Å². The van der Waals surface area contributed by atoms with Crippen molar-refractivity contribution in [2.45, 2.75) is 32.2 Å². The molecule has 0 aromatic carbocycles. The van der Waals surface area contributed by atoms with E-state index in [0.29, 0.717) is 6.61 Å². The molecule has 0 spiro atoms. The zero-order valence-corrected chi connectivity index (χ0v) is 8.79. The lowest BCUT2D eigenvalue weighted by molar-refractivity contribution is -0.124. The van der Waals surface area contributed by atoms with Gasteiger partial charge >= 0.3 is 0 Å². The van der Waals surface area contributed by atoms with Gasteiger partial charge in [0, 0.05) is 19.2 Å². The van der Waals surface area contributed by atoms with Crippen LogP contribution in [0, 0.1) is 5.92 Å². The Balaban J connectivity index is 2.03. The zero-order valence-electron chi connectivity index (χ0n) is 8.79. The van der Waals surface area contributed by atoms with Crippen LogP contribution in [0.25, 0.3) is 0 Å². The summed E-state index contributed by atoms with van der Waals surface area (Å²) >= 11 is 0. The summed E-state index contributed by atoms with van der Waals surface area (Å²) in [5.74, 6) is 0.206. The first kappa shape index (κ1) is 11.5. The summed E-state index contributed by atoms with van der Waals surface area (Å²) < 4.78 is 5.14. The standard InChI is InChI=1S/C10H20N2O2/c1-8(11)3-2-5-12-10(13)9-4-6-14-7-9/h8-9H,2-7,11H2,1H3,(H,12,13). The molecule has 82 valence electrons. The van der Waals surface area contributed by atoms with Gasteiger partial charge in [-0.15, -0.1) is 0 Å². The molecule has 1 amide bonds. The first-order chi connectivity index (χ1) is 6.70. The Morgan fingerprint density at radius 2 is 2.50 bits per heavy atom. The van der Waals surface area contributed by atoms with Crippen LogP contribution in [0.15, 0.2) is 0 Å². The topological polar surface area (TPSA) is 64.3 Å². The van der Waals surface area contributed by atoms with Gasteiger partial charge in [-0.05, 0) is 26.2 Å². The van der Waals surface area contributed by atoms with Crippen molar-refractivity contribution in [1.29, 1.82) is 0 Å². The maximum absolute atomic E-state index is 11.5. The monoisotopic (exact) mass is 200 g/mol. The molecule has 1 fully saturated rings. The third kappa shape index (κ3) is 4.07. The molecule has 0 bridgehead atoms. The summed E-state index contributed by atoms with van der Waals surface area (Å²) in [7, 11) is 0. The van der Waals surface area contributed by atoms with Crippen molar-refractivity contribution in [3.63, 3.8) is 0 Å². The summed E-state index contributed by atoms with van der Waals surface area (Å²) in [4.78, 5) is 11.5. The smallest absolute Gasteiger partial charge is 0.225 e. The van der Waals surface area contributed by atoms with E-state index < -0.39 is 0 Å². The Hall–Kier alpha value is -0.610. The van der Waals surface area contributed by atoms with Crippen molar-refractivity contribution in [2.75, 3.05) is 19.8 Å². The summed E-state index contributed by atoms with van der Waals surface area (Å²) in [5, 5.41) is 2.91. The van der Waals surface area contributed by atoms with E-state index in [9.17, 15) is 4.79 Å². The maximum Gasteiger partial charge on any atom is 0.225 e. The van der Waals surface area contributed by atoms with Gasteiger partial charge in [0.05, 0.1) is 12.5 Å². The molecule has 1 rings (SSSR count). The number of hydrogen-bond donors (Lipinski definition) is 2. The highest BCUT2D eigenvalue weighted by Gasteiger charge is 2.22. The first-order valence-electron chi connectivity index (χ1n) is 5.31. The molecule has 3 N–H and O–H groups in total. The average Bonchev–Trinajstić information content (AvgIpc) is 2.64. The number of hydrogen-bond acceptors (Lipinski definition) is 3. The summed E-state index contributed by atoms with van der Waals surface area (Å²) in [6.07, 6.45) is 2.78. The molecule has 1 aliphatic heterocycles. The van der Waals surface area contributed by atoms with Gasteiger partial charge in [-0.3, -0.25) is 4.79 Å². The minimum atomic E-state index is 0.0744. The quantitative estimate of drug-likeness (QED) is 0.626. The van der Waals surface area contributed by atoms with E-state index in [1.54, 1.807) is 0 Å². The third-order valence-corrected chi connectivity index (χ3v) is 2.44. The minimum Gasteiger partial charge on any atom is -0.381 e. The molecule has 2 unspecified atom stereocenters. The number of carbonyl (C=O) groups excluding carboxylic acids is 1.